The van der Waals surface area contributed by atoms with Crippen LogP contribution >= 0.6 is 11.6 Å². The molecular weight excluding hydrogens is 382 g/mol. The van der Waals surface area contributed by atoms with Gasteiger partial charge in [-0.1, -0.05) is 11.6 Å². The van der Waals surface area contributed by atoms with Crippen molar-refractivity contribution in [1.29, 1.82) is 0 Å². The Labute approximate surface area is 169 Å². The Morgan fingerprint density at radius 2 is 1.96 bits per heavy atom. The van der Waals surface area contributed by atoms with Crippen molar-refractivity contribution in [3.63, 3.8) is 0 Å². The molecule has 0 radical (unpaired) electrons. The van der Waals surface area contributed by atoms with Gasteiger partial charge in [-0.25, -0.2) is 0 Å². The lowest BCUT2D eigenvalue weighted by atomic mass is 10.1. The summed E-state index contributed by atoms with van der Waals surface area (Å²) in [6.07, 6.45) is 1.49. The fourth-order valence-electron chi connectivity index (χ4n) is 3.20. The second-order valence-electron chi connectivity index (χ2n) is 6.77. The molecule has 7 nitrogen and oxygen atoms in total. The van der Waals surface area contributed by atoms with E-state index in [1.54, 1.807) is 29.2 Å². The highest BCUT2D eigenvalue weighted by atomic mass is 35.5. The van der Waals surface area contributed by atoms with E-state index in [1.165, 1.54) is 13.4 Å². The van der Waals surface area contributed by atoms with Crippen molar-refractivity contribution in [2.75, 3.05) is 38.6 Å². The number of amides is 2. The van der Waals surface area contributed by atoms with Gasteiger partial charge in [-0.2, -0.15) is 0 Å². The number of furan rings is 1. The van der Waals surface area contributed by atoms with E-state index in [1.807, 2.05) is 13.8 Å². The van der Waals surface area contributed by atoms with Crippen molar-refractivity contribution in [2.45, 2.75) is 19.9 Å². The van der Waals surface area contributed by atoms with Gasteiger partial charge in [-0.15, -0.1) is 0 Å². The van der Waals surface area contributed by atoms with Crippen LogP contribution < -0.4 is 10.1 Å². The Morgan fingerprint density at radius 1 is 1.25 bits per heavy atom. The second kappa shape index (κ2) is 8.67. The summed E-state index contributed by atoms with van der Waals surface area (Å²) in [6, 6.07) is 6.50. The van der Waals surface area contributed by atoms with Gasteiger partial charge in [0.1, 0.15) is 5.75 Å². The lowest BCUT2D eigenvalue weighted by molar-refractivity contribution is -0.121. The maximum absolute atomic E-state index is 12.7. The summed E-state index contributed by atoms with van der Waals surface area (Å²) in [5.74, 6) is 0.600. The van der Waals surface area contributed by atoms with Crippen LogP contribution in [-0.4, -0.2) is 60.9 Å². The Kier molecular flexibility index (Phi) is 6.26. The number of hydrogen-bond donors (Lipinski definition) is 1. The maximum Gasteiger partial charge on any atom is 0.289 e. The minimum atomic E-state index is -0.346. The van der Waals surface area contributed by atoms with Crippen LogP contribution in [0.2, 0.25) is 5.02 Å². The molecule has 1 fully saturated rings. The monoisotopic (exact) mass is 405 g/mol. The van der Waals surface area contributed by atoms with E-state index in [2.05, 4.69) is 10.2 Å². The molecule has 0 bridgehead atoms. The smallest absolute Gasteiger partial charge is 0.289 e. The van der Waals surface area contributed by atoms with Gasteiger partial charge in [-0.3, -0.25) is 14.5 Å². The van der Waals surface area contributed by atoms with E-state index in [4.69, 9.17) is 20.8 Å². The first-order valence-electron chi connectivity index (χ1n) is 9.12. The van der Waals surface area contributed by atoms with Gasteiger partial charge in [0.15, 0.2) is 5.76 Å². The third kappa shape index (κ3) is 4.31. The first kappa shape index (κ1) is 20.2. The first-order chi connectivity index (χ1) is 13.4. The molecule has 3 rings (SSSR count). The summed E-state index contributed by atoms with van der Waals surface area (Å²) >= 11 is 6.12. The zero-order valence-electron chi connectivity index (χ0n) is 16.2. The van der Waals surface area contributed by atoms with E-state index >= 15 is 0 Å². The number of piperazine rings is 1. The van der Waals surface area contributed by atoms with Crippen molar-refractivity contribution < 1.29 is 18.7 Å². The molecule has 1 N–H and O–H groups in total. The molecule has 1 atom stereocenters. The maximum atomic E-state index is 12.7. The van der Waals surface area contributed by atoms with Gasteiger partial charge in [0.05, 0.1) is 25.1 Å². The molecule has 2 aromatic rings. The van der Waals surface area contributed by atoms with E-state index in [0.29, 0.717) is 48.4 Å². The largest absolute Gasteiger partial charge is 0.495 e. The predicted molar refractivity (Wildman–Crippen MR) is 107 cm³/mol. The van der Waals surface area contributed by atoms with Gasteiger partial charge < -0.3 is 19.4 Å². The summed E-state index contributed by atoms with van der Waals surface area (Å²) in [4.78, 5) is 28.9. The average molecular weight is 406 g/mol. The topological polar surface area (TPSA) is 75.0 Å². The highest BCUT2D eigenvalue weighted by Crippen LogP contribution is 2.31. The highest BCUT2D eigenvalue weighted by molar-refractivity contribution is 6.31. The van der Waals surface area contributed by atoms with Crippen LogP contribution in [0.25, 0.3) is 0 Å². The molecule has 2 amide bonds. The molecule has 28 heavy (non-hydrogen) atoms. The van der Waals surface area contributed by atoms with Gasteiger partial charge >= 0.3 is 0 Å². The number of ether oxygens (including phenoxy) is 1. The second-order valence-corrected chi connectivity index (χ2v) is 7.18. The molecule has 8 heteroatoms. The fourth-order valence-corrected chi connectivity index (χ4v) is 3.35. The van der Waals surface area contributed by atoms with E-state index in [9.17, 15) is 9.59 Å². The van der Waals surface area contributed by atoms with Crippen LogP contribution in [0.1, 0.15) is 23.0 Å². The summed E-state index contributed by atoms with van der Waals surface area (Å²) in [6.45, 7) is 6.03. The molecule has 1 saturated heterocycles. The van der Waals surface area contributed by atoms with Gasteiger partial charge in [0, 0.05) is 37.3 Å². The number of rotatable bonds is 5. The first-order valence-corrected chi connectivity index (χ1v) is 9.50. The molecule has 1 aromatic heterocycles. The van der Waals surface area contributed by atoms with Crippen LogP contribution in [0.5, 0.6) is 5.75 Å². The Morgan fingerprint density at radius 3 is 2.57 bits per heavy atom. The van der Waals surface area contributed by atoms with Crippen molar-refractivity contribution in [1.82, 2.24) is 9.80 Å². The Bertz CT molecular complexity index is 845. The summed E-state index contributed by atoms with van der Waals surface area (Å²) in [7, 11) is 1.54. The van der Waals surface area contributed by atoms with Crippen molar-refractivity contribution >= 4 is 29.1 Å². The van der Waals surface area contributed by atoms with E-state index in [0.717, 1.165) is 5.56 Å². The van der Waals surface area contributed by atoms with Crippen molar-refractivity contribution in [3.05, 3.63) is 46.9 Å². The Hall–Kier alpha value is -2.51. The normalized spacial score (nSPS) is 15.9. The molecule has 2 heterocycles. The number of methoxy groups -OCH3 is 1. The van der Waals surface area contributed by atoms with Crippen molar-refractivity contribution in [3.8, 4) is 5.75 Å². The lowest BCUT2D eigenvalue weighted by Crippen LogP contribution is -2.54. The molecular formula is C20H24ClN3O4. The number of halogens is 1. The molecule has 1 unspecified atom stereocenters. The number of hydrogen-bond acceptors (Lipinski definition) is 5. The van der Waals surface area contributed by atoms with Gasteiger partial charge in [0.25, 0.3) is 5.91 Å². The average Bonchev–Trinajstić information content (AvgIpc) is 3.24. The predicted octanol–water partition coefficient (Wildman–Crippen LogP) is 3.04. The van der Waals surface area contributed by atoms with Crippen molar-refractivity contribution in [2.24, 2.45) is 0 Å². The summed E-state index contributed by atoms with van der Waals surface area (Å²) in [5, 5.41) is 3.51. The van der Waals surface area contributed by atoms with Gasteiger partial charge in [0.2, 0.25) is 5.91 Å². The van der Waals surface area contributed by atoms with E-state index < -0.39 is 0 Å². The van der Waals surface area contributed by atoms with Crippen LogP contribution in [0.4, 0.5) is 5.69 Å². The number of anilines is 1. The third-order valence-corrected chi connectivity index (χ3v) is 5.41. The quantitative estimate of drug-likeness (QED) is 0.827. The molecule has 150 valence electrons. The fraction of sp³-hybridized carbons (Fsp3) is 0.400. The minimum Gasteiger partial charge on any atom is -0.495 e. The van der Waals surface area contributed by atoms with Gasteiger partial charge in [-0.05, 0) is 37.6 Å². The SMILES string of the molecule is COc1cc(Cl)c(C)cc1NC(=O)C(C)N1CCN(C(=O)c2ccco2)CC1. The standard InChI is InChI=1S/C20H24ClN3O4/c1-13-11-16(18(27-3)12-15(13)21)22-19(25)14(2)23-6-8-24(9-7-23)20(26)17-5-4-10-28-17/h4-5,10-12,14H,6-9H2,1-3H3,(H,22,25). The zero-order valence-corrected chi connectivity index (χ0v) is 17.0. The number of carbonyl (C=O) groups is 2. The molecule has 0 spiro atoms. The molecule has 0 aliphatic carbocycles. The number of carbonyl (C=O) groups excluding carboxylic acids is 2. The summed E-state index contributed by atoms with van der Waals surface area (Å²) < 4.78 is 10.5. The molecule has 1 aliphatic heterocycles. The number of benzene rings is 1. The van der Waals surface area contributed by atoms with Crippen LogP contribution in [0.3, 0.4) is 0 Å². The number of nitrogens with zero attached hydrogens (tertiary/aromatic N) is 2. The summed E-state index contributed by atoms with van der Waals surface area (Å²) in [5.41, 5.74) is 1.45. The molecule has 1 aromatic carbocycles. The van der Waals surface area contributed by atoms with E-state index in [-0.39, 0.29) is 17.9 Å². The highest BCUT2D eigenvalue weighted by Gasteiger charge is 2.29. The number of aryl methyl sites for hydroxylation is 1. The minimum absolute atomic E-state index is 0.122. The number of nitrogens with one attached hydrogen (secondary N) is 1. The van der Waals surface area contributed by atoms with Crippen LogP contribution in [0, 0.1) is 6.92 Å². The third-order valence-electron chi connectivity index (χ3n) is 5.00. The van der Waals surface area contributed by atoms with Crippen LogP contribution in [0.15, 0.2) is 34.9 Å². The lowest BCUT2D eigenvalue weighted by Gasteiger charge is -2.37. The zero-order chi connectivity index (χ0) is 20.3. The molecule has 0 saturated carbocycles. The van der Waals surface area contributed by atoms with Crippen LogP contribution in [-0.2, 0) is 4.79 Å². The molecule has 1 aliphatic rings. The Balaban J connectivity index is 1.59.